The zero-order valence-electron chi connectivity index (χ0n) is 18.9. The molecule has 2 aliphatic rings. The number of hydrogen-bond acceptors (Lipinski definition) is 5. The molecule has 4 aromatic rings. The number of fused-ring (bicyclic) bond motifs is 1. The fraction of sp³-hybridized carbons (Fsp3) is 0.143. The molecule has 0 N–H and O–H groups in total. The lowest BCUT2D eigenvalue weighted by Gasteiger charge is -2.27. The minimum Gasteiger partial charge on any atom is -0.459 e. The van der Waals surface area contributed by atoms with Crippen LogP contribution in [0.1, 0.15) is 17.4 Å². The van der Waals surface area contributed by atoms with E-state index in [0.29, 0.717) is 32.8 Å². The van der Waals surface area contributed by atoms with Crippen molar-refractivity contribution in [3.05, 3.63) is 112 Å². The number of hydroxylamine groups is 1. The molecule has 8 heteroatoms. The highest BCUT2D eigenvalue weighted by Gasteiger charge is 2.60. The minimum atomic E-state index is -0.949. The standard InChI is InChI=1S/C28H20Cl2N2O4/c29-18-11-12-21(30)20(15-18)22-13-14-23(35-22)25-24-26(36-32(25)19-9-5-2-6-10-19)28(34)31(27(24)33)16-17-7-3-1-4-8-17/h1-15,24-26H,16H2. The maximum atomic E-state index is 13.7. The Bertz CT molecular complexity index is 1440. The molecule has 0 radical (unpaired) electrons. The molecule has 2 aliphatic heterocycles. The van der Waals surface area contributed by atoms with Crippen molar-refractivity contribution in [3.8, 4) is 11.3 Å². The molecule has 3 heterocycles. The Balaban J connectivity index is 1.39. The normalized spacial score (nSPS) is 21.3. The van der Waals surface area contributed by atoms with Crippen LogP contribution >= 0.6 is 23.2 Å². The average molecular weight is 519 g/mol. The van der Waals surface area contributed by atoms with Gasteiger partial charge in [0.2, 0.25) is 5.91 Å². The van der Waals surface area contributed by atoms with Gasteiger partial charge in [0.05, 0.1) is 17.3 Å². The van der Waals surface area contributed by atoms with E-state index >= 15 is 0 Å². The number of furan rings is 1. The van der Waals surface area contributed by atoms with Crippen LogP contribution in [0.2, 0.25) is 10.0 Å². The highest BCUT2D eigenvalue weighted by Crippen LogP contribution is 2.48. The molecule has 180 valence electrons. The fourth-order valence-corrected chi connectivity index (χ4v) is 5.21. The van der Waals surface area contributed by atoms with Gasteiger partial charge >= 0.3 is 0 Å². The molecule has 3 atom stereocenters. The zero-order valence-corrected chi connectivity index (χ0v) is 20.4. The molecule has 3 aromatic carbocycles. The molecule has 0 bridgehead atoms. The Morgan fingerprint density at radius 3 is 2.28 bits per heavy atom. The van der Waals surface area contributed by atoms with E-state index in [1.807, 2.05) is 60.7 Å². The lowest BCUT2D eigenvalue weighted by molar-refractivity contribution is -0.143. The van der Waals surface area contributed by atoms with E-state index < -0.39 is 18.1 Å². The number of benzene rings is 3. The van der Waals surface area contributed by atoms with Gasteiger partial charge in [-0.3, -0.25) is 19.3 Å². The van der Waals surface area contributed by atoms with E-state index in [-0.39, 0.29) is 18.4 Å². The number of imide groups is 1. The number of likely N-dealkylation sites (tertiary alicyclic amines) is 1. The van der Waals surface area contributed by atoms with Gasteiger partial charge in [-0.2, -0.15) is 0 Å². The largest absolute Gasteiger partial charge is 0.459 e. The van der Waals surface area contributed by atoms with Gasteiger partial charge in [-0.05, 0) is 48.0 Å². The zero-order chi connectivity index (χ0) is 24.8. The van der Waals surface area contributed by atoms with E-state index in [1.54, 1.807) is 35.4 Å². The quantitative estimate of drug-likeness (QED) is 0.290. The average Bonchev–Trinajstić information content (AvgIpc) is 3.59. The Morgan fingerprint density at radius 2 is 1.53 bits per heavy atom. The first-order valence-electron chi connectivity index (χ1n) is 11.5. The van der Waals surface area contributed by atoms with Gasteiger partial charge in [-0.1, -0.05) is 71.7 Å². The summed E-state index contributed by atoms with van der Waals surface area (Å²) in [6.07, 6.45) is -0.949. The highest BCUT2D eigenvalue weighted by molar-refractivity contribution is 6.35. The first kappa shape index (κ1) is 22.9. The predicted octanol–water partition coefficient (Wildman–Crippen LogP) is 6.30. The summed E-state index contributed by atoms with van der Waals surface area (Å²) < 4.78 is 6.24. The maximum absolute atomic E-state index is 13.7. The fourth-order valence-electron chi connectivity index (χ4n) is 4.82. The van der Waals surface area contributed by atoms with Crippen molar-refractivity contribution in [1.29, 1.82) is 0 Å². The second kappa shape index (κ2) is 9.13. The van der Waals surface area contributed by atoms with Gasteiger partial charge in [0.25, 0.3) is 5.91 Å². The van der Waals surface area contributed by atoms with Gasteiger partial charge in [0.15, 0.2) is 6.10 Å². The Labute approximate surface area is 217 Å². The van der Waals surface area contributed by atoms with Crippen LogP contribution in [0.4, 0.5) is 5.69 Å². The lowest BCUT2D eigenvalue weighted by atomic mass is 9.94. The van der Waals surface area contributed by atoms with Crippen LogP contribution in [0, 0.1) is 5.92 Å². The van der Waals surface area contributed by atoms with Crippen molar-refractivity contribution in [2.45, 2.75) is 18.7 Å². The summed E-state index contributed by atoms with van der Waals surface area (Å²) in [6.45, 7) is 0.189. The lowest BCUT2D eigenvalue weighted by Crippen LogP contribution is -2.36. The molecular formula is C28H20Cl2N2O4. The maximum Gasteiger partial charge on any atom is 0.262 e. The molecule has 36 heavy (non-hydrogen) atoms. The summed E-state index contributed by atoms with van der Waals surface area (Å²) in [5.74, 6) is -0.430. The predicted molar refractivity (Wildman–Crippen MR) is 136 cm³/mol. The van der Waals surface area contributed by atoms with E-state index in [1.165, 1.54) is 4.90 Å². The van der Waals surface area contributed by atoms with Crippen LogP contribution < -0.4 is 5.06 Å². The van der Waals surface area contributed by atoms with Gasteiger partial charge in [-0.15, -0.1) is 0 Å². The number of carbonyl (C=O) groups excluding carboxylic acids is 2. The number of para-hydroxylation sites is 1. The molecule has 2 amide bonds. The van der Waals surface area contributed by atoms with Crippen LogP contribution in [0.25, 0.3) is 11.3 Å². The second-order valence-electron chi connectivity index (χ2n) is 8.73. The molecule has 2 fully saturated rings. The highest BCUT2D eigenvalue weighted by atomic mass is 35.5. The van der Waals surface area contributed by atoms with Gasteiger partial charge in [0, 0.05) is 10.6 Å². The molecular weight excluding hydrogens is 499 g/mol. The third-order valence-electron chi connectivity index (χ3n) is 6.51. The Morgan fingerprint density at radius 1 is 0.806 bits per heavy atom. The van der Waals surface area contributed by atoms with Gasteiger partial charge in [0.1, 0.15) is 23.5 Å². The van der Waals surface area contributed by atoms with Crippen molar-refractivity contribution in [2.24, 2.45) is 5.92 Å². The number of nitrogens with zero attached hydrogens (tertiary/aromatic N) is 2. The van der Waals surface area contributed by atoms with Gasteiger partial charge in [-0.25, -0.2) is 5.06 Å². The van der Waals surface area contributed by atoms with Crippen molar-refractivity contribution in [2.75, 3.05) is 5.06 Å². The first-order valence-corrected chi connectivity index (χ1v) is 12.2. The van der Waals surface area contributed by atoms with Crippen LogP contribution in [-0.4, -0.2) is 22.8 Å². The summed E-state index contributed by atoms with van der Waals surface area (Å²) in [5.41, 5.74) is 2.22. The van der Waals surface area contributed by atoms with E-state index in [4.69, 9.17) is 32.5 Å². The monoisotopic (exact) mass is 518 g/mol. The van der Waals surface area contributed by atoms with Crippen LogP contribution in [0.3, 0.4) is 0 Å². The first-order chi connectivity index (χ1) is 17.5. The number of halogens is 2. The van der Waals surface area contributed by atoms with Crippen molar-refractivity contribution in [1.82, 2.24) is 4.90 Å². The third kappa shape index (κ3) is 3.88. The van der Waals surface area contributed by atoms with Crippen LogP contribution in [0.5, 0.6) is 0 Å². The molecule has 0 aliphatic carbocycles. The second-order valence-corrected chi connectivity index (χ2v) is 9.58. The topological polar surface area (TPSA) is 63.0 Å². The third-order valence-corrected chi connectivity index (χ3v) is 7.08. The summed E-state index contributed by atoms with van der Waals surface area (Å²) in [7, 11) is 0. The number of carbonyl (C=O) groups is 2. The molecule has 2 saturated heterocycles. The summed E-state index contributed by atoms with van der Waals surface area (Å²) in [4.78, 5) is 34.4. The molecule has 1 aromatic heterocycles. The number of hydrogen-bond donors (Lipinski definition) is 0. The number of amides is 2. The Kier molecular flexibility index (Phi) is 5.80. The molecule has 6 nitrogen and oxygen atoms in total. The van der Waals surface area contributed by atoms with Crippen molar-refractivity contribution >= 4 is 40.7 Å². The summed E-state index contributed by atoms with van der Waals surface area (Å²) >= 11 is 12.6. The van der Waals surface area contributed by atoms with Crippen molar-refractivity contribution in [3.63, 3.8) is 0 Å². The molecule has 0 saturated carbocycles. The summed E-state index contributed by atoms with van der Waals surface area (Å²) in [6, 6.07) is 26.8. The molecule has 0 spiro atoms. The Hall–Kier alpha value is -3.58. The smallest absolute Gasteiger partial charge is 0.262 e. The van der Waals surface area contributed by atoms with Crippen LogP contribution in [-0.2, 0) is 21.0 Å². The van der Waals surface area contributed by atoms with E-state index in [9.17, 15) is 9.59 Å². The van der Waals surface area contributed by atoms with E-state index in [0.717, 1.165) is 5.56 Å². The van der Waals surface area contributed by atoms with Crippen molar-refractivity contribution < 1.29 is 18.8 Å². The van der Waals surface area contributed by atoms with Gasteiger partial charge < -0.3 is 4.42 Å². The van der Waals surface area contributed by atoms with E-state index in [2.05, 4.69) is 0 Å². The number of rotatable bonds is 5. The molecule has 6 rings (SSSR count). The SMILES string of the molecule is O=C1C2ON(c3ccccc3)C(c3ccc(-c4cc(Cl)ccc4Cl)o3)C2C(=O)N1Cc1ccccc1. The minimum absolute atomic E-state index is 0.189. The summed E-state index contributed by atoms with van der Waals surface area (Å²) in [5, 5.41) is 2.62. The van der Waals surface area contributed by atoms with Crippen LogP contribution in [0.15, 0.2) is 95.4 Å². The number of anilines is 1. The molecule has 3 unspecified atom stereocenters.